The van der Waals surface area contributed by atoms with Crippen molar-refractivity contribution in [3.05, 3.63) is 34.1 Å². The lowest BCUT2D eigenvalue weighted by molar-refractivity contribution is -0.00304. The summed E-state index contributed by atoms with van der Waals surface area (Å²) < 4.78 is 35.4. The van der Waals surface area contributed by atoms with E-state index in [1.165, 1.54) is 11.0 Å². The quantitative estimate of drug-likeness (QED) is 0.273. The first kappa shape index (κ1) is 28.4. The van der Waals surface area contributed by atoms with Crippen molar-refractivity contribution in [1.82, 2.24) is 4.90 Å². The van der Waals surface area contributed by atoms with Crippen molar-refractivity contribution in [3.63, 3.8) is 0 Å². The number of carbonyl (C=O) groups excluding carboxylic acids is 1. The van der Waals surface area contributed by atoms with E-state index in [1.54, 1.807) is 46.9 Å². The number of nitrogens with zero attached hydrogens (tertiary/aromatic N) is 4. The number of hydrogen-bond acceptors (Lipinski definition) is 7. The summed E-state index contributed by atoms with van der Waals surface area (Å²) in [5.74, 6) is 0.181. The minimum Gasteiger partial charge on any atom is -0.443 e. The summed E-state index contributed by atoms with van der Waals surface area (Å²) >= 11 is 3.40. The van der Waals surface area contributed by atoms with Gasteiger partial charge in [-0.2, -0.15) is 9.62 Å². The van der Waals surface area contributed by atoms with Gasteiger partial charge in [0.05, 0.1) is 23.5 Å². The van der Waals surface area contributed by atoms with Crippen LogP contribution in [0.1, 0.15) is 47.1 Å². The molecule has 0 aliphatic carbocycles. The van der Waals surface area contributed by atoms with Crippen LogP contribution in [-0.4, -0.2) is 60.0 Å². The molecule has 0 N–H and O–H groups in total. The smallest absolute Gasteiger partial charge is 0.417 e. The Balaban J connectivity index is 2.69. The lowest BCUT2D eigenvalue weighted by atomic mass is 9.93. The molecule has 1 aromatic carbocycles. The number of carbonyl (C=O) groups is 1. The molecule has 8 nitrogen and oxygen atoms in total. The molecule has 1 aliphatic rings. The van der Waals surface area contributed by atoms with Crippen LogP contribution in [0, 0.1) is 17.3 Å². The van der Waals surface area contributed by atoms with Gasteiger partial charge in [0.1, 0.15) is 24.0 Å². The molecule has 11 heteroatoms. The number of halogens is 2. The molecular formula is C23H32BrFN4O4S. The molecule has 1 unspecified atom stereocenters. The third-order valence-electron chi connectivity index (χ3n) is 5.08. The molecule has 1 aliphatic heterocycles. The fourth-order valence-corrected chi connectivity index (χ4v) is 5.63. The van der Waals surface area contributed by atoms with Crippen molar-refractivity contribution in [3.8, 4) is 6.19 Å². The topological polar surface area (TPSA) is 96.5 Å². The molecule has 0 saturated carbocycles. The highest BCUT2D eigenvalue weighted by atomic mass is 79.9. The Kier molecular flexibility index (Phi) is 9.38. The second kappa shape index (κ2) is 11.2. The summed E-state index contributed by atoms with van der Waals surface area (Å²) in [5.41, 5.74) is -1.51. The molecule has 0 bridgehead atoms. The van der Waals surface area contributed by atoms with Gasteiger partial charge in [0, 0.05) is 22.9 Å². The number of ether oxygens (including phenoxy) is 3. The Morgan fingerprint density at radius 2 is 2.03 bits per heavy atom. The van der Waals surface area contributed by atoms with Gasteiger partial charge in [-0.1, -0.05) is 26.6 Å². The predicted molar refractivity (Wildman–Crippen MR) is 134 cm³/mol. The normalized spacial score (nSPS) is 22.1. The van der Waals surface area contributed by atoms with Crippen LogP contribution in [0.15, 0.2) is 32.0 Å². The maximum Gasteiger partial charge on any atom is 0.417 e. The van der Waals surface area contributed by atoms with Crippen LogP contribution >= 0.6 is 15.9 Å². The Labute approximate surface area is 211 Å². The molecule has 2 atom stereocenters. The molecule has 1 amide bonds. The van der Waals surface area contributed by atoms with Crippen LogP contribution in [0.3, 0.4) is 0 Å². The van der Waals surface area contributed by atoms with Crippen molar-refractivity contribution in [2.24, 2.45) is 9.36 Å². The van der Waals surface area contributed by atoms with Crippen molar-refractivity contribution >= 4 is 38.6 Å². The van der Waals surface area contributed by atoms with Gasteiger partial charge in [-0.15, -0.1) is 0 Å². The highest BCUT2D eigenvalue weighted by Crippen LogP contribution is 2.39. The van der Waals surface area contributed by atoms with E-state index in [0.29, 0.717) is 28.2 Å². The average Bonchev–Trinajstić information content (AvgIpc) is 2.72. The van der Waals surface area contributed by atoms with E-state index in [4.69, 9.17) is 19.2 Å². The second-order valence-corrected chi connectivity index (χ2v) is 12.6. The first-order valence-corrected chi connectivity index (χ1v) is 12.8. The summed E-state index contributed by atoms with van der Waals surface area (Å²) in [6.07, 6.45) is 1.24. The van der Waals surface area contributed by atoms with E-state index in [-0.39, 0.29) is 13.3 Å². The molecule has 0 saturated heterocycles. The van der Waals surface area contributed by atoms with Gasteiger partial charge in [-0.3, -0.25) is 4.99 Å². The minimum atomic E-state index is -1.09. The van der Waals surface area contributed by atoms with Gasteiger partial charge in [-0.05, 0) is 59.7 Å². The number of hydrogen-bond donors (Lipinski definition) is 0. The van der Waals surface area contributed by atoms with Gasteiger partial charge in [0.25, 0.3) is 0 Å². The zero-order chi connectivity index (χ0) is 25.7. The first-order valence-electron chi connectivity index (χ1n) is 10.7. The number of methoxy groups -OCH3 is 1. The minimum absolute atomic E-state index is 0.151. The highest BCUT2D eigenvalue weighted by molar-refractivity contribution is 9.10. The van der Waals surface area contributed by atoms with Crippen molar-refractivity contribution in [1.29, 1.82) is 5.26 Å². The fraction of sp³-hybridized carbons (Fsp3) is 0.609. The summed E-state index contributed by atoms with van der Waals surface area (Å²) in [7, 11) is 0.634. The second-order valence-electron chi connectivity index (χ2n) is 9.48. The number of rotatable bonds is 6. The molecule has 0 spiro atoms. The molecule has 0 fully saturated rings. The van der Waals surface area contributed by atoms with E-state index < -0.39 is 38.5 Å². The van der Waals surface area contributed by atoms with Gasteiger partial charge >= 0.3 is 6.09 Å². The van der Waals surface area contributed by atoms with E-state index >= 15 is 0 Å². The number of aliphatic imine (C=N–C) groups is 1. The Bertz CT molecular complexity index is 1020. The summed E-state index contributed by atoms with van der Waals surface area (Å²) in [6.45, 7) is 11.2. The van der Waals surface area contributed by atoms with Gasteiger partial charge < -0.3 is 14.2 Å². The molecule has 0 aromatic heterocycles. The average molecular weight is 560 g/mol. The molecule has 1 heterocycles. The van der Waals surface area contributed by atoms with Gasteiger partial charge in [0.15, 0.2) is 0 Å². The highest BCUT2D eigenvalue weighted by Gasteiger charge is 2.47. The molecular weight excluding hydrogens is 527 g/mol. The van der Waals surface area contributed by atoms with Crippen LogP contribution < -0.4 is 0 Å². The first-order chi connectivity index (χ1) is 15.7. The van der Waals surface area contributed by atoms with E-state index in [0.717, 1.165) is 0 Å². The van der Waals surface area contributed by atoms with Crippen LogP contribution in [-0.2, 0) is 30.4 Å². The van der Waals surface area contributed by atoms with Crippen LogP contribution in [0.4, 0.5) is 9.18 Å². The zero-order valence-electron chi connectivity index (χ0n) is 20.6. The summed E-state index contributed by atoms with van der Waals surface area (Å²) in [5, 5.41) is 9.40. The number of amidine groups is 1. The monoisotopic (exact) mass is 558 g/mol. The number of amides is 1. The van der Waals surface area contributed by atoms with E-state index in [1.807, 2.05) is 20.0 Å². The fourth-order valence-electron chi connectivity index (χ4n) is 3.40. The lowest BCUT2D eigenvalue weighted by Gasteiger charge is -2.44. The third-order valence-corrected chi connectivity index (χ3v) is 8.07. The van der Waals surface area contributed by atoms with E-state index in [9.17, 15) is 14.4 Å². The SMILES string of the molecule is COCCOCN(C(=O)OC(C)(C)C)C1=N[C@](C)(c2cc(Br)ccc2F)C/S(=N\C#N)C1(C)C. The summed E-state index contributed by atoms with van der Waals surface area (Å²) in [6, 6.07) is 4.63. The Hall–Kier alpha value is -1.87. The predicted octanol–water partition coefficient (Wildman–Crippen LogP) is 5.13. The standard InChI is InChI=1S/C23H32BrFN4O4S/c1-21(2,3)33-20(30)29(15-32-11-10-31-7)19-22(4,5)34(27-14-26)13-23(6,28-19)17-12-16(24)8-9-18(17)25/h8-9,12H,10-11,13,15H2,1-7H3/t23-,34?/m0/s1. The maximum absolute atomic E-state index is 15.0. The summed E-state index contributed by atoms with van der Waals surface area (Å²) in [4.78, 5) is 19.5. The van der Waals surface area contributed by atoms with Gasteiger partial charge in [-0.25, -0.2) is 14.1 Å². The number of benzene rings is 1. The molecule has 34 heavy (non-hydrogen) atoms. The third kappa shape index (κ3) is 6.84. The van der Waals surface area contributed by atoms with Crippen LogP contribution in [0.5, 0.6) is 0 Å². The molecule has 2 rings (SSSR count). The van der Waals surface area contributed by atoms with Crippen molar-refractivity contribution < 1.29 is 23.4 Å². The van der Waals surface area contributed by atoms with Gasteiger partial charge in [0.2, 0.25) is 6.19 Å². The molecule has 188 valence electrons. The maximum atomic E-state index is 15.0. The lowest BCUT2D eigenvalue weighted by Crippen LogP contribution is -2.57. The largest absolute Gasteiger partial charge is 0.443 e. The molecule has 0 radical (unpaired) electrons. The zero-order valence-corrected chi connectivity index (χ0v) is 23.0. The van der Waals surface area contributed by atoms with Crippen LogP contribution in [0.25, 0.3) is 0 Å². The van der Waals surface area contributed by atoms with E-state index in [2.05, 4.69) is 20.3 Å². The Morgan fingerprint density at radius 3 is 2.62 bits per heavy atom. The van der Waals surface area contributed by atoms with Crippen molar-refractivity contribution in [2.45, 2.75) is 57.4 Å². The van der Waals surface area contributed by atoms with Crippen LogP contribution in [0.2, 0.25) is 0 Å². The Morgan fingerprint density at radius 1 is 1.35 bits per heavy atom. The van der Waals surface area contributed by atoms with Crippen molar-refractivity contribution in [2.75, 3.05) is 32.8 Å². The molecule has 1 aromatic rings. The number of nitriles is 1.